The van der Waals surface area contributed by atoms with Gasteiger partial charge in [-0.2, -0.15) is 6.07 Å². The summed E-state index contributed by atoms with van der Waals surface area (Å²) in [6.07, 6.45) is 4.09. The summed E-state index contributed by atoms with van der Waals surface area (Å²) in [6.45, 7) is 8.46. The van der Waals surface area contributed by atoms with Crippen molar-refractivity contribution in [2.24, 2.45) is 0 Å². The summed E-state index contributed by atoms with van der Waals surface area (Å²) in [4.78, 5) is 9.28. The third-order valence-corrected chi connectivity index (χ3v) is 11.6. The van der Waals surface area contributed by atoms with Crippen LogP contribution in [0.25, 0.3) is 49.9 Å². The molecule has 304 valence electrons. The largest absolute Gasteiger partial charge is 0.612 e. The maximum Gasteiger partial charge on any atom is 0.430 e. The molecule has 2 aliphatic heterocycles. The van der Waals surface area contributed by atoms with Crippen LogP contribution in [0.2, 0.25) is 0 Å². The predicted octanol–water partition coefficient (Wildman–Crippen LogP) is 12.3. The van der Waals surface area contributed by atoms with Crippen LogP contribution in [-0.4, -0.2) is 16.5 Å². The van der Waals surface area contributed by atoms with Crippen LogP contribution in [0.5, 0.6) is 17.2 Å². The minimum Gasteiger partial charge on any atom is -0.612 e. The number of para-hydroxylation sites is 2. The monoisotopic (exact) mass is 982 g/mol. The summed E-state index contributed by atoms with van der Waals surface area (Å²) in [7, 11) is 0. The molecule has 0 fully saturated rings. The van der Waals surface area contributed by atoms with Crippen molar-refractivity contribution in [3.8, 4) is 45.3 Å². The van der Waals surface area contributed by atoms with E-state index in [-0.39, 0.29) is 33.4 Å². The Morgan fingerprint density at radius 2 is 1.31 bits per heavy atom. The molecule has 4 heterocycles. The molecular formula is C54H40BN4O2Pt-3. The van der Waals surface area contributed by atoms with Gasteiger partial charge >= 0.3 is 6.92 Å². The van der Waals surface area contributed by atoms with Crippen LogP contribution >= 0.6 is 0 Å². The van der Waals surface area contributed by atoms with Crippen LogP contribution in [-0.2, 0) is 26.5 Å². The molecule has 6 nitrogen and oxygen atoms in total. The fourth-order valence-corrected chi connectivity index (χ4v) is 8.59. The van der Waals surface area contributed by atoms with Gasteiger partial charge in [-0.05, 0) is 57.4 Å². The molecule has 11 rings (SSSR count). The Hall–Kier alpha value is -6.82. The predicted molar refractivity (Wildman–Crippen MR) is 249 cm³/mol. The van der Waals surface area contributed by atoms with Crippen LogP contribution in [0.15, 0.2) is 188 Å². The van der Waals surface area contributed by atoms with E-state index >= 15 is 0 Å². The van der Waals surface area contributed by atoms with Gasteiger partial charge in [0.1, 0.15) is 5.82 Å². The third kappa shape index (κ3) is 6.97. The maximum absolute atomic E-state index is 6.88. The number of nitrogens with zero attached hydrogens (tertiary/aromatic N) is 4. The fourth-order valence-electron chi connectivity index (χ4n) is 8.59. The van der Waals surface area contributed by atoms with Crippen molar-refractivity contribution < 1.29 is 30.5 Å². The van der Waals surface area contributed by atoms with Crippen LogP contribution in [0.4, 0.5) is 11.4 Å². The first-order valence-corrected chi connectivity index (χ1v) is 20.6. The van der Waals surface area contributed by atoms with E-state index in [4.69, 9.17) is 14.4 Å². The van der Waals surface area contributed by atoms with E-state index in [0.29, 0.717) is 17.2 Å². The average molecular weight is 983 g/mol. The summed E-state index contributed by atoms with van der Waals surface area (Å²) in [5.74, 6) is 2.67. The third-order valence-electron chi connectivity index (χ3n) is 11.6. The van der Waals surface area contributed by atoms with E-state index in [2.05, 4.69) is 206 Å². The number of fused-ring (bicyclic) bond motifs is 6. The summed E-state index contributed by atoms with van der Waals surface area (Å²) < 4.78 is 15.7. The molecule has 0 amide bonds. The normalized spacial score (nSPS) is 13.3. The van der Waals surface area contributed by atoms with Crippen LogP contribution in [0, 0.1) is 18.8 Å². The number of pyridine rings is 1. The molecule has 8 heteroatoms. The van der Waals surface area contributed by atoms with Gasteiger partial charge < -0.3 is 23.8 Å². The molecule has 0 bridgehead atoms. The fraction of sp³-hybridized carbons (Fsp3) is 0.0741. The molecule has 0 saturated heterocycles. The van der Waals surface area contributed by atoms with E-state index in [1.165, 1.54) is 5.56 Å². The van der Waals surface area contributed by atoms with Gasteiger partial charge in [0.05, 0.1) is 0 Å². The van der Waals surface area contributed by atoms with Gasteiger partial charge in [0, 0.05) is 72.4 Å². The van der Waals surface area contributed by atoms with Gasteiger partial charge in [-0.3, -0.25) is 0 Å². The molecule has 2 aromatic heterocycles. The van der Waals surface area contributed by atoms with Crippen LogP contribution in [0.1, 0.15) is 26.3 Å². The van der Waals surface area contributed by atoms with Crippen molar-refractivity contribution in [1.82, 2.24) is 9.55 Å². The minimum absolute atomic E-state index is 0. The minimum atomic E-state index is -0.359. The number of aromatic nitrogens is 2. The molecule has 62 heavy (non-hydrogen) atoms. The van der Waals surface area contributed by atoms with E-state index in [0.717, 1.165) is 72.3 Å². The van der Waals surface area contributed by atoms with Gasteiger partial charge in [0.15, 0.2) is 0 Å². The first-order valence-electron chi connectivity index (χ1n) is 20.6. The van der Waals surface area contributed by atoms with Crippen molar-refractivity contribution >= 4 is 45.6 Å². The Kier molecular flexibility index (Phi) is 10.1. The van der Waals surface area contributed by atoms with Crippen molar-refractivity contribution in [3.05, 3.63) is 212 Å². The van der Waals surface area contributed by atoms with Gasteiger partial charge in [0.25, 0.3) is 0 Å². The average Bonchev–Trinajstić information content (AvgIpc) is 3.89. The molecule has 0 radical (unpaired) electrons. The Labute approximate surface area is 377 Å². The van der Waals surface area contributed by atoms with E-state index in [1.54, 1.807) is 0 Å². The summed E-state index contributed by atoms with van der Waals surface area (Å²) >= 11 is 0. The second kappa shape index (κ2) is 15.9. The molecule has 2 aliphatic rings. The van der Waals surface area contributed by atoms with Crippen LogP contribution in [0.3, 0.4) is 0 Å². The van der Waals surface area contributed by atoms with Gasteiger partial charge in [-0.15, -0.1) is 42.4 Å². The number of ether oxygens (including phenoxy) is 1. The number of anilines is 2. The second-order valence-electron chi connectivity index (χ2n) is 16.5. The van der Waals surface area contributed by atoms with Gasteiger partial charge in [-0.25, -0.2) is 4.98 Å². The topological polar surface area (TPSA) is 42.8 Å². The summed E-state index contributed by atoms with van der Waals surface area (Å²) in [6, 6.07) is 66.0. The van der Waals surface area contributed by atoms with Crippen molar-refractivity contribution in [2.45, 2.75) is 26.2 Å². The zero-order chi connectivity index (χ0) is 41.1. The molecule has 7 aromatic carbocycles. The Balaban J connectivity index is 0.00000458. The van der Waals surface area contributed by atoms with E-state index < -0.39 is 0 Å². The first kappa shape index (κ1) is 39.3. The first-order chi connectivity index (χ1) is 29.9. The standard InChI is InChI=1S/C54H40BN4O2.Pt/c1-54(2,3)39-30-31-56-52(32-39)59-47-25-14-13-22-45(47)46-28-26-41(33-48(46)59)60-42-27-29-50-49(34-42)58-36-57(35-51(58)55(61-50)40-20-11-6-12-21-40)53-43(37-16-7-4-8-17-37)23-15-24-44(53)38-18-9-5-10-19-38;/h4-32,35-36H,1-3H3;/q-3;. The van der Waals surface area contributed by atoms with Gasteiger partial charge in [0.2, 0.25) is 0 Å². The summed E-state index contributed by atoms with van der Waals surface area (Å²) in [5.41, 5.74) is 11.5. The van der Waals surface area contributed by atoms with E-state index in [9.17, 15) is 0 Å². The molecular weight excluding hydrogens is 943 g/mol. The van der Waals surface area contributed by atoms with Crippen molar-refractivity contribution in [3.63, 3.8) is 0 Å². The van der Waals surface area contributed by atoms with E-state index in [1.807, 2.05) is 30.5 Å². The Morgan fingerprint density at radius 1 is 0.661 bits per heavy atom. The summed E-state index contributed by atoms with van der Waals surface area (Å²) in [5, 5.41) is 2.21. The Morgan fingerprint density at radius 3 is 2.02 bits per heavy atom. The number of rotatable bonds is 7. The number of hydrogen-bond donors (Lipinski definition) is 0. The number of hydrogen-bond acceptors (Lipinski definition) is 5. The maximum atomic E-state index is 6.88. The smallest absolute Gasteiger partial charge is 0.430 e. The van der Waals surface area contributed by atoms with Crippen LogP contribution < -0.4 is 24.7 Å². The zero-order valence-corrected chi connectivity index (χ0v) is 36.7. The Bertz CT molecular complexity index is 3070. The molecule has 0 saturated carbocycles. The second-order valence-corrected chi connectivity index (χ2v) is 16.5. The zero-order valence-electron chi connectivity index (χ0n) is 34.4. The molecule has 0 spiro atoms. The number of benzene rings is 7. The molecule has 9 aromatic rings. The van der Waals surface area contributed by atoms with Crippen molar-refractivity contribution in [2.75, 3.05) is 9.80 Å². The van der Waals surface area contributed by atoms with Crippen molar-refractivity contribution in [1.29, 1.82) is 0 Å². The molecule has 0 atom stereocenters. The SMILES string of the molecule is CC(C)(C)c1ccnc(-n2c3[c-]c(Oc4[c-]c5c(cc4)OB(c4ccccc4)C4=CN(c6c(-c7ccccc7)cccc6-c6ccccc6)[CH-]N45)ccc3c3ccccc32)c1.[Pt]. The quantitative estimate of drug-likeness (QED) is 0.118. The van der Waals surface area contributed by atoms with Gasteiger partial charge in [-0.1, -0.05) is 159 Å². The molecule has 0 unspecified atom stereocenters. The molecule has 0 N–H and O–H groups in total. The molecule has 0 aliphatic carbocycles.